The maximum absolute atomic E-state index is 12.9. The molecule has 5 heteroatoms. The lowest BCUT2D eigenvalue weighted by atomic mass is 10.0. The Bertz CT molecular complexity index is 811. The fraction of sp³-hybridized carbons (Fsp3) is 0.158. The zero-order chi connectivity index (χ0) is 17.1. The predicted molar refractivity (Wildman–Crippen MR) is 90.9 cm³/mol. The molecule has 2 N–H and O–H groups in total. The molecular weight excluding hydrogens is 307 g/mol. The molecule has 0 spiro atoms. The number of benzene rings is 2. The number of hydrogen-bond donors (Lipinski definition) is 2. The van der Waals surface area contributed by atoms with Crippen LogP contribution in [-0.2, 0) is 11.2 Å². The summed E-state index contributed by atoms with van der Waals surface area (Å²) in [5.74, 6) is -0.709. The number of aliphatic imine (C=N–C) groups is 1. The Morgan fingerprint density at radius 2 is 1.83 bits per heavy atom. The fourth-order valence-electron chi connectivity index (χ4n) is 2.70. The molecule has 1 aliphatic rings. The number of nitrogens with zero attached hydrogens (tertiary/aromatic N) is 1. The van der Waals surface area contributed by atoms with E-state index in [0.717, 1.165) is 5.56 Å². The molecule has 0 radical (unpaired) electrons. The van der Waals surface area contributed by atoms with Crippen LogP contribution in [-0.4, -0.2) is 22.8 Å². The first-order valence-corrected chi connectivity index (χ1v) is 7.64. The largest absolute Gasteiger partial charge is 0.509 e. The van der Waals surface area contributed by atoms with Gasteiger partial charge in [-0.25, -0.2) is 4.39 Å². The van der Waals surface area contributed by atoms with Gasteiger partial charge in [0.2, 0.25) is 0 Å². The SMILES string of the molecule is CC(=Nc1ccc(F)cc1)C1=C(O)C(Cc2ccccc2)NC1=O. The third-order valence-electron chi connectivity index (χ3n) is 3.89. The second-order valence-electron chi connectivity index (χ2n) is 5.65. The summed E-state index contributed by atoms with van der Waals surface area (Å²) in [4.78, 5) is 16.5. The molecule has 1 amide bonds. The third kappa shape index (κ3) is 3.35. The number of rotatable bonds is 4. The maximum Gasteiger partial charge on any atom is 0.257 e. The van der Waals surface area contributed by atoms with Crippen molar-refractivity contribution in [2.75, 3.05) is 0 Å². The second-order valence-corrected chi connectivity index (χ2v) is 5.65. The average molecular weight is 324 g/mol. The Balaban J connectivity index is 1.85. The summed E-state index contributed by atoms with van der Waals surface area (Å²) in [6.45, 7) is 1.65. The summed E-state index contributed by atoms with van der Waals surface area (Å²) < 4.78 is 12.9. The van der Waals surface area contributed by atoms with Crippen molar-refractivity contribution in [3.8, 4) is 0 Å². The molecule has 2 aromatic rings. The molecular formula is C19H17FN2O2. The lowest BCUT2D eigenvalue weighted by Gasteiger charge is -2.10. The van der Waals surface area contributed by atoms with E-state index in [2.05, 4.69) is 10.3 Å². The molecule has 0 bridgehead atoms. The molecule has 24 heavy (non-hydrogen) atoms. The van der Waals surface area contributed by atoms with Crippen LogP contribution in [0, 0.1) is 5.82 Å². The Morgan fingerprint density at radius 3 is 2.50 bits per heavy atom. The number of carbonyl (C=O) groups excluding carboxylic acids is 1. The van der Waals surface area contributed by atoms with Crippen molar-refractivity contribution in [1.29, 1.82) is 0 Å². The van der Waals surface area contributed by atoms with Gasteiger partial charge in [0.1, 0.15) is 17.1 Å². The summed E-state index contributed by atoms with van der Waals surface area (Å²) in [6, 6.07) is 14.8. The van der Waals surface area contributed by atoms with Crippen molar-refractivity contribution >= 4 is 17.3 Å². The molecule has 0 aliphatic carbocycles. The summed E-state index contributed by atoms with van der Waals surface area (Å²) in [5.41, 5.74) is 2.12. The van der Waals surface area contributed by atoms with Crippen molar-refractivity contribution in [3.63, 3.8) is 0 Å². The highest BCUT2D eigenvalue weighted by atomic mass is 19.1. The van der Waals surface area contributed by atoms with Gasteiger partial charge >= 0.3 is 0 Å². The first-order valence-electron chi connectivity index (χ1n) is 7.64. The maximum atomic E-state index is 12.9. The van der Waals surface area contributed by atoms with Crippen molar-refractivity contribution in [2.45, 2.75) is 19.4 Å². The van der Waals surface area contributed by atoms with Gasteiger partial charge in [0.15, 0.2) is 0 Å². The number of aliphatic hydroxyl groups excluding tert-OH is 1. The van der Waals surface area contributed by atoms with Gasteiger partial charge in [0.05, 0.1) is 17.4 Å². The molecule has 1 unspecified atom stereocenters. The molecule has 0 saturated heterocycles. The number of hydrogen-bond acceptors (Lipinski definition) is 3. The first kappa shape index (κ1) is 15.9. The van der Waals surface area contributed by atoms with Gasteiger partial charge in [-0.2, -0.15) is 0 Å². The number of nitrogens with one attached hydrogen (secondary N) is 1. The summed E-state index contributed by atoms with van der Waals surface area (Å²) in [5, 5.41) is 13.2. The molecule has 122 valence electrons. The lowest BCUT2D eigenvalue weighted by Crippen LogP contribution is -2.31. The second kappa shape index (κ2) is 6.66. The van der Waals surface area contributed by atoms with Crippen LogP contribution in [0.4, 0.5) is 10.1 Å². The summed E-state index contributed by atoms with van der Waals surface area (Å²) in [6.07, 6.45) is 0.506. The van der Waals surface area contributed by atoms with E-state index in [9.17, 15) is 14.3 Å². The van der Waals surface area contributed by atoms with E-state index < -0.39 is 6.04 Å². The van der Waals surface area contributed by atoms with Gasteiger partial charge in [-0.05, 0) is 43.2 Å². The Hall–Kier alpha value is -2.95. The van der Waals surface area contributed by atoms with E-state index in [-0.39, 0.29) is 23.1 Å². The topological polar surface area (TPSA) is 61.7 Å². The van der Waals surface area contributed by atoms with Crippen LogP contribution in [0.15, 0.2) is 70.9 Å². The van der Waals surface area contributed by atoms with E-state index >= 15 is 0 Å². The molecule has 0 fully saturated rings. The van der Waals surface area contributed by atoms with E-state index in [1.165, 1.54) is 24.3 Å². The minimum absolute atomic E-state index is 0.00721. The molecule has 1 heterocycles. The normalized spacial score (nSPS) is 18.0. The van der Waals surface area contributed by atoms with Crippen LogP contribution < -0.4 is 5.32 Å². The highest BCUT2D eigenvalue weighted by Gasteiger charge is 2.33. The quantitative estimate of drug-likeness (QED) is 0.846. The zero-order valence-electron chi connectivity index (χ0n) is 13.2. The van der Waals surface area contributed by atoms with Gasteiger partial charge in [-0.15, -0.1) is 0 Å². The summed E-state index contributed by atoms with van der Waals surface area (Å²) in [7, 11) is 0. The van der Waals surface area contributed by atoms with Crippen molar-refractivity contribution in [1.82, 2.24) is 5.32 Å². The van der Waals surface area contributed by atoms with Gasteiger partial charge in [0.25, 0.3) is 5.91 Å². The van der Waals surface area contributed by atoms with Crippen LogP contribution in [0.2, 0.25) is 0 Å². The number of halogens is 1. The molecule has 0 aromatic heterocycles. The molecule has 0 saturated carbocycles. The molecule has 1 atom stereocenters. The first-order chi connectivity index (χ1) is 11.5. The zero-order valence-corrected chi connectivity index (χ0v) is 13.2. The van der Waals surface area contributed by atoms with Gasteiger partial charge in [-0.3, -0.25) is 9.79 Å². The number of aliphatic hydroxyl groups is 1. The van der Waals surface area contributed by atoms with Crippen LogP contribution >= 0.6 is 0 Å². The number of amides is 1. The van der Waals surface area contributed by atoms with Crippen molar-refractivity contribution < 1.29 is 14.3 Å². The van der Waals surface area contributed by atoms with Crippen LogP contribution in [0.1, 0.15) is 12.5 Å². The van der Waals surface area contributed by atoms with Crippen LogP contribution in [0.3, 0.4) is 0 Å². The molecule has 1 aliphatic heterocycles. The van der Waals surface area contributed by atoms with Gasteiger partial charge in [0, 0.05) is 0 Å². The van der Waals surface area contributed by atoms with E-state index in [0.29, 0.717) is 17.8 Å². The van der Waals surface area contributed by atoms with Crippen molar-refractivity contribution in [2.24, 2.45) is 4.99 Å². The Labute approximate surface area is 139 Å². The average Bonchev–Trinajstić information content (AvgIpc) is 2.84. The Morgan fingerprint density at radius 1 is 1.17 bits per heavy atom. The lowest BCUT2D eigenvalue weighted by molar-refractivity contribution is -0.116. The van der Waals surface area contributed by atoms with Crippen LogP contribution in [0.5, 0.6) is 0 Å². The summed E-state index contributed by atoms with van der Waals surface area (Å²) >= 11 is 0. The molecule has 4 nitrogen and oxygen atoms in total. The highest BCUT2D eigenvalue weighted by Crippen LogP contribution is 2.22. The highest BCUT2D eigenvalue weighted by molar-refractivity contribution is 6.23. The fourth-order valence-corrected chi connectivity index (χ4v) is 2.70. The van der Waals surface area contributed by atoms with E-state index in [1.54, 1.807) is 6.92 Å². The molecule has 2 aromatic carbocycles. The van der Waals surface area contributed by atoms with Gasteiger partial charge < -0.3 is 10.4 Å². The van der Waals surface area contributed by atoms with E-state index in [4.69, 9.17) is 0 Å². The van der Waals surface area contributed by atoms with E-state index in [1.807, 2.05) is 30.3 Å². The third-order valence-corrected chi connectivity index (χ3v) is 3.89. The predicted octanol–water partition coefficient (Wildman–Crippen LogP) is 3.47. The standard InChI is InChI=1S/C19H17FN2O2/c1-12(21-15-9-7-14(20)8-10-15)17-18(23)16(22-19(17)24)11-13-5-3-2-4-6-13/h2-10,16,23H,11H2,1H3,(H,22,24). The minimum Gasteiger partial charge on any atom is -0.509 e. The van der Waals surface area contributed by atoms with Crippen molar-refractivity contribution in [3.05, 3.63) is 77.3 Å². The monoisotopic (exact) mass is 324 g/mol. The number of carbonyl (C=O) groups is 1. The smallest absolute Gasteiger partial charge is 0.257 e. The van der Waals surface area contributed by atoms with Crippen LogP contribution in [0.25, 0.3) is 0 Å². The molecule has 3 rings (SSSR count). The Kier molecular flexibility index (Phi) is 4.42. The van der Waals surface area contributed by atoms with Gasteiger partial charge in [-0.1, -0.05) is 30.3 Å². The minimum atomic E-state index is -0.465.